The SMILES string of the molecule is C=CCCOc1ccccc1C(O)CC. The van der Waals surface area contributed by atoms with Gasteiger partial charge in [-0.1, -0.05) is 31.2 Å². The van der Waals surface area contributed by atoms with Crippen LogP contribution in [0.2, 0.25) is 0 Å². The summed E-state index contributed by atoms with van der Waals surface area (Å²) in [5.41, 5.74) is 0.865. The second-order valence-electron chi connectivity index (χ2n) is 3.39. The van der Waals surface area contributed by atoms with Gasteiger partial charge in [-0.15, -0.1) is 6.58 Å². The Morgan fingerprint density at radius 3 is 2.87 bits per heavy atom. The van der Waals surface area contributed by atoms with Gasteiger partial charge in [0, 0.05) is 5.56 Å². The van der Waals surface area contributed by atoms with E-state index in [-0.39, 0.29) is 0 Å². The highest BCUT2D eigenvalue weighted by molar-refractivity contribution is 5.34. The molecule has 0 saturated carbocycles. The molecule has 0 radical (unpaired) electrons. The molecule has 0 aliphatic carbocycles. The van der Waals surface area contributed by atoms with E-state index in [9.17, 15) is 5.11 Å². The number of rotatable bonds is 6. The molecular formula is C13H18O2. The summed E-state index contributed by atoms with van der Waals surface area (Å²) in [4.78, 5) is 0. The summed E-state index contributed by atoms with van der Waals surface area (Å²) >= 11 is 0. The fourth-order valence-electron chi connectivity index (χ4n) is 1.36. The molecule has 0 heterocycles. The van der Waals surface area contributed by atoms with Crippen LogP contribution in [0.4, 0.5) is 0 Å². The van der Waals surface area contributed by atoms with Crippen LogP contribution >= 0.6 is 0 Å². The highest BCUT2D eigenvalue weighted by Gasteiger charge is 2.10. The van der Waals surface area contributed by atoms with Crippen molar-refractivity contribution < 1.29 is 9.84 Å². The lowest BCUT2D eigenvalue weighted by molar-refractivity contribution is 0.167. The van der Waals surface area contributed by atoms with Crippen molar-refractivity contribution in [3.8, 4) is 5.75 Å². The van der Waals surface area contributed by atoms with E-state index in [0.717, 1.165) is 17.7 Å². The van der Waals surface area contributed by atoms with Crippen molar-refractivity contribution in [1.82, 2.24) is 0 Å². The molecule has 1 rings (SSSR count). The second kappa shape index (κ2) is 6.25. The Balaban J connectivity index is 2.72. The highest BCUT2D eigenvalue weighted by Crippen LogP contribution is 2.26. The van der Waals surface area contributed by atoms with Crippen molar-refractivity contribution in [2.24, 2.45) is 0 Å². The Kier molecular flexibility index (Phi) is 4.91. The van der Waals surface area contributed by atoms with E-state index in [1.807, 2.05) is 37.3 Å². The minimum absolute atomic E-state index is 0.440. The molecule has 0 aromatic heterocycles. The summed E-state index contributed by atoms with van der Waals surface area (Å²) in [5, 5.41) is 9.77. The molecule has 2 heteroatoms. The number of ether oxygens (including phenoxy) is 1. The molecule has 0 spiro atoms. The number of hydrogen-bond donors (Lipinski definition) is 1. The van der Waals surface area contributed by atoms with E-state index in [1.54, 1.807) is 0 Å². The van der Waals surface area contributed by atoms with Crippen LogP contribution in [0.1, 0.15) is 31.4 Å². The van der Waals surface area contributed by atoms with Crippen molar-refractivity contribution in [2.75, 3.05) is 6.61 Å². The summed E-state index contributed by atoms with van der Waals surface area (Å²) in [5.74, 6) is 0.772. The van der Waals surface area contributed by atoms with Gasteiger partial charge in [-0.25, -0.2) is 0 Å². The zero-order valence-corrected chi connectivity index (χ0v) is 9.15. The first-order valence-electron chi connectivity index (χ1n) is 5.30. The highest BCUT2D eigenvalue weighted by atomic mass is 16.5. The largest absolute Gasteiger partial charge is 0.493 e. The molecule has 1 unspecified atom stereocenters. The monoisotopic (exact) mass is 206 g/mol. The molecule has 1 atom stereocenters. The fraction of sp³-hybridized carbons (Fsp3) is 0.385. The van der Waals surface area contributed by atoms with Gasteiger partial charge in [0.15, 0.2) is 0 Å². The first-order valence-corrected chi connectivity index (χ1v) is 5.30. The number of hydrogen-bond acceptors (Lipinski definition) is 2. The van der Waals surface area contributed by atoms with Crippen LogP contribution in [0, 0.1) is 0 Å². The third-order valence-electron chi connectivity index (χ3n) is 2.24. The minimum Gasteiger partial charge on any atom is -0.493 e. The number of para-hydroxylation sites is 1. The summed E-state index contributed by atoms with van der Waals surface area (Å²) < 4.78 is 5.57. The quantitative estimate of drug-likeness (QED) is 0.572. The predicted octanol–water partition coefficient (Wildman–Crippen LogP) is 3.08. The average Bonchev–Trinajstić information content (AvgIpc) is 2.29. The van der Waals surface area contributed by atoms with Crippen LogP contribution in [0.25, 0.3) is 0 Å². The van der Waals surface area contributed by atoms with Crippen LogP contribution in [-0.4, -0.2) is 11.7 Å². The fourth-order valence-corrected chi connectivity index (χ4v) is 1.36. The van der Waals surface area contributed by atoms with Gasteiger partial charge < -0.3 is 9.84 Å². The molecule has 1 aromatic carbocycles. The van der Waals surface area contributed by atoms with E-state index in [2.05, 4.69) is 6.58 Å². The Labute approximate surface area is 91.2 Å². The predicted molar refractivity (Wildman–Crippen MR) is 62.0 cm³/mol. The van der Waals surface area contributed by atoms with Crippen molar-refractivity contribution in [3.63, 3.8) is 0 Å². The minimum atomic E-state index is -0.440. The second-order valence-corrected chi connectivity index (χ2v) is 3.39. The normalized spacial score (nSPS) is 12.1. The average molecular weight is 206 g/mol. The van der Waals surface area contributed by atoms with Gasteiger partial charge in [0.1, 0.15) is 5.75 Å². The van der Waals surface area contributed by atoms with Gasteiger partial charge in [-0.05, 0) is 18.9 Å². The molecule has 82 valence electrons. The first kappa shape index (κ1) is 11.8. The maximum absolute atomic E-state index is 9.77. The Bertz CT molecular complexity index is 307. The lowest BCUT2D eigenvalue weighted by Gasteiger charge is -2.14. The van der Waals surface area contributed by atoms with Crippen LogP contribution in [0.3, 0.4) is 0 Å². The van der Waals surface area contributed by atoms with Crippen LogP contribution < -0.4 is 4.74 Å². The van der Waals surface area contributed by atoms with Gasteiger partial charge in [-0.3, -0.25) is 0 Å². The van der Waals surface area contributed by atoms with E-state index >= 15 is 0 Å². The molecule has 0 aliphatic heterocycles. The maximum Gasteiger partial charge on any atom is 0.125 e. The van der Waals surface area contributed by atoms with Gasteiger partial charge >= 0.3 is 0 Å². The Hall–Kier alpha value is -1.28. The van der Waals surface area contributed by atoms with Crippen LogP contribution in [0.15, 0.2) is 36.9 Å². The number of aliphatic hydroxyl groups excluding tert-OH is 1. The summed E-state index contributed by atoms with van der Waals surface area (Å²) in [6.45, 7) is 6.19. The van der Waals surface area contributed by atoms with Gasteiger partial charge in [-0.2, -0.15) is 0 Å². The zero-order chi connectivity index (χ0) is 11.1. The lowest BCUT2D eigenvalue weighted by atomic mass is 10.1. The molecule has 2 nitrogen and oxygen atoms in total. The molecule has 15 heavy (non-hydrogen) atoms. The summed E-state index contributed by atoms with van der Waals surface area (Å²) in [7, 11) is 0. The van der Waals surface area contributed by atoms with E-state index in [1.165, 1.54) is 0 Å². The summed E-state index contributed by atoms with van der Waals surface area (Å²) in [6.07, 6.45) is 2.89. The number of benzene rings is 1. The van der Waals surface area contributed by atoms with Crippen molar-refractivity contribution in [3.05, 3.63) is 42.5 Å². The van der Waals surface area contributed by atoms with Gasteiger partial charge in [0.2, 0.25) is 0 Å². The standard InChI is InChI=1S/C13H18O2/c1-3-5-10-15-13-9-7-6-8-11(13)12(14)4-2/h3,6-9,12,14H,1,4-5,10H2,2H3. The van der Waals surface area contributed by atoms with Gasteiger partial charge in [0.05, 0.1) is 12.7 Å². The molecule has 0 saturated heterocycles. The van der Waals surface area contributed by atoms with E-state index < -0.39 is 6.10 Å². The van der Waals surface area contributed by atoms with Gasteiger partial charge in [0.25, 0.3) is 0 Å². The molecule has 0 amide bonds. The van der Waals surface area contributed by atoms with Crippen LogP contribution in [0.5, 0.6) is 5.75 Å². The molecule has 0 bridgehead atoms. The van der Waals surface area contributed by atoms with Crippen molar-refractivity contribution in [2.45, 2.75) is 25.9 Å². The van der Waals surface area contributed by atoms with Crippen molar-refractivity contribution >= 4 is 0 Å². The van der Waals surface area contributed by atoms with E-state index in [4.69, 9.17) is 4.74 Å². The molecule has 1 aromatic rings. The smallest absolute Gasteiger partial charge is 0.125 e. The molecule has 1 N–H and O–H groups in total. The van der Waals surface area contributed by atoms with Crippen LogP contribution in [-0.2, 0) is 0 Å². The molecule has 0 fully saturated rings. The van der Waals surface area contributed by atoms with E-state index in [0.29, 0.717) is 13.0 Å². The first-order chi connectivity index (χ1) is 7.29. The van der Waals surface area contributed by atoms with Crippen molar-refractivity contribution in [1.29, 1.82) is 0 Å². The number of aliphatic hydroxyl groups is 1. The Morgan fingerprint density at radius 1 is 1.47 bits per heavy atom. The third-order valence-corrected chi connectivity index (χ3v) is 2.24. The summed E-state index contributed by atoms with van der Waals surface area (Å²) in [6, 6.07) is 7.61. The molecular weight excluding hydrogens is 188 g/mol. The third kappa shape index (κ3) is 3.40. The lowest BCUT2D eigenvalue weighted by Crippen LogP contribution is -2.02. The Morgan fingerprint density at radius 2 is 2.20 bits per heavy atom. The maximum atomic E-state index is 9.77. The molecule has 0 aliphatic rings. The zero-order valence-electron chi connectivity index (χ0n) is 9.15. The topological polar surface area (TPSA) is 29.5 Å².